The van der Waals surface area contributed by atoms with Crippen LogP contribution in [-0.2, 0) is 25.7 Å². The molecule has 0 aliphatic heterocycles. The molecule has 0 amide bonds. The standard InChI is InChI=1S/C9H10O3S.C6H6O2S.Na/c1-8(10)7-13(11,12)9-5-3-2-4-6-9;7-9(8)6-4-2-1-3-5-6;/h2-6H,7H2,1H3;1-5H,(H,7,8);/q;;+1/p-1. The first-order valence-electron chi connectivity index (χ1n) is 6.24. The monoisotopic (exact) mass is 362 g/mol. The van der Waals surface area contributed by atoms with E-state index in [1.54, 1.807) is 48.5 Å². The van der Waals surface area contributed by atoms with Crippen LogP contribution in [0.3, 0.4) is 0 Å². The average molecular weight is 362 g/mol. The summed E-state index contributed by atoms with van der Waals surface area (Å²) in [6.07, 6.45) is 0. The van der Waals surface area contributed by atoms with Gasteiger partial charge in [-0.05, 0) is 42.3 Å². The van der Waals surface area contributed by atoms with Crippen LogP contribution in [0.1, 0.15) is 6.92 Å². The topological polar surface area (TPSA) is 91.3 Å². The van der Waals surface area contributed by atoms with Gasteiger partial charge in [-0.1, -0.05) is 36.4 Å². The Hall–Kier alpha value is -0.830. The number of carbonyl (C=O) groups excluding carboxylic acids is 1. The molecule has 8 heteroatoms. The van der Waals surface area contributed by atoms with Gasteiger partial charge in [0.15, 0.2) is 9.84 Å². The molecule has 0 heterocycles. The number of carbonyl (C=O) groups is 1. The molecule has 0 aliphatic carbocycles. The van der Waals surface area contributed by atoms with E-state index in [4.69, 9.17) is 0 Å². The maximum Gasteiger partial charge on any atom is 1.00 e. The van der Waals surface area contributed by atoms with Crippen LogP contribution in [0.25, 0.3) is 0 Å². The summed E-state index contributed by atoms with van der Waals surface area (Å²) in [5, 5.41) is 0. The quantitative estimate of drug-likeness (QED) is 0.513. The molecule has 2 aromatic carbocycles. The summed E-state index contributed by atoms with van der Waals surface area (Å²) in [6.45, 7) is 1.26. The Balaban J connectivity index is 0.000000427. The van der Waals surface area contributed by atoms with Gasteiger partial charge in [-0.15, -0.1) is 0 Å². The third-order valence-electron chi connectivity index (χ3n) is 2.43. The summed E-state index contributed by atoms with van der Waals surface area (Å²) in [7, 11) is -3.41. The van der Waals surface area contributed by atoms with Crippen LogP contribution >= 0.6 is 0 Å². The molecule has 0 spiro atoms. The SMILES string of the molecule is CC(=O)CS(=O)(=O)c1ccccc1.O=S([O-])c1ccccc1.[Na+]. The van der Waals surface area contributed by atoms with E-state index in [0.29, 0.717) is 4.90 Å². The first-order chi connectivity index (χ1) is 10.3. The van der Waals surface area contributed by atoms with Gasteiger partial charge in [0, 0.05) is 4.90 Å². The van der Waals surface area contributed by atoms with Crippen LogP contribution < -0.4 is 29.6 Å². The van der Waals surface area contributed by atoms with Gasteiger partial charge in [0.2, 0.25) is 0 Å². The average Bonchev–Trinajstić information content (AvgIpc) is 2.48. The van der Waals surface area contributed by atoms with E-state index in [2.05, 4.69) is 0 Å². The molecule has 0 aliphatic rings. The maximum absolute atomic E-state index is 11.4. The Labute approximate surface area is 160 Å². The van der Waals surface area contributed by atoms with Crippen molar-refractivity contribution >= 4 is 26.7 Å². The van der Waals surface area contributed by atoms with E-state index in [9.17, 15) is 22.0 Å². The van der Waals surface area contributed by atoms with Crippen molar-refractivity contribution in [3.05, 3.63) is 60.7 Å². The van der Waals surface area contributed by atoms with Crippen LogP contribution in [0, 0.1) is 0 Å². The first-order valence-corrected chi connectivity index (χ1v) is 8.97. The van der Waals surface area contributed by atoms with Gasteiger partial charge in [0.1, 0.15) is 11.5 Å². The Bertz CT molecular complexity index is 731. The minimum absolute atomic E-state index is 0. The molecule has 0 N–H and O–H groups in total. The predicted octanol–water partition coefficient (Wildman–Crippen LogP) is -1.02. The van der Waals surface area contributed by atoms with Crippen molar-refractivity contribution in [1.82, 2.24) is 0 Å². The third kappa shape index (κ3) is 8.55. The van der Waals surface area contributed by atoms with Crippen molar-refractivity contribution in [2.75, 3.05) is 5.75 Å². The molecule has 0 fully saturated rings. The minimum atomic E-state index is -3.41. The molecule has 0 bridgehead atoms. The minimum Gasteiger partial charge on any atom is -0.768 e. The van der Waals surface area contributed by atoms with Gasteiger partial charge in [0.25, 0.3) is 0 Å². The summed E-state index contributed by atoms with van der Waals surface area (Å²) < 4.78 is 43.2. The summed E-state index contributed by atoms with van der Waals surface area (Å²) in [6, 6.07) is 16.2. The number of hydrogen-bond donors (Lipinski definition) is 0. The van der Waals surface area contributed by atoms with Gasteiger partial charge in [-0.25, -0.2) is 8.42 Å². The number of Topliss-reactive ketones (excluding diaryl/α,β-unsaturated/α-hetero) is 1. The molecular weight excluding hydrogens is 347 g/mol. The van der Waals surface area contributed by atoms with E-state index in [1.807, 2.05) is 0 Å². The summed E-state index contributed by atoms with van der Waals surface area (Å²) in [4.78, 5) is 11.2. The predicted molar refractivity (Wildman–Crippen MR) is 82.8 cm³/mol. The van der Waals surface area contributed by atoms with E-state index in [0.717, 1.165) is 0 Å². The number of hydrogen-bond acceptors (Lipinski definition) is 5. The van der Waals surface area contributed by atoms with E-state index in [-0.39, 0.29) is 40.2 Å². The fourth-order valence-electron chi connectivity index (χ4n) is 1.51. The third-order valence-corrected chi connectivity index (χ3v) is 4.87. The number of benzene rings is 2. The van der Waals surface area contributed by atoms with Gasteiger partial charge in [0.05, 0.1) is 4.90 Å². The molecule has 0 aromatic heterocycles. The molecule has 0 saturated carbocycles. The Morgan fingerprint density at radius 2 is 1.43 bits per heavy atom. The summed E-state index contributed by atoms with van der Waals surface area (Å²) in [5.74, 6) is -0.763. The zero-order valence-electron chi connectivity index (χ0n) is 12.8. The van der Waals surface area contributed by atoms with Crippen LogP contribution in [0.5, 0.6) is 0 Å². The molecule has 1 unspecified atom stereocenters. The zero-order chi connectivity index (χ0) is 16.6. The van der Waals surface area contributed by atoms with Crippen molar-refractivity contribution in [2.45, 2.75) is 16.7 Å². The molecule has 1 atom stereocenters. The largest absolute Gasteiger partial charge is 1.00 e. The Kier molecular flexibility index (Phi) is 10.5. The van der Waals surface area contributed by atoms with E-state index in [1.165, 1.54) is 19.1 Å². The van der Waals surface area contributed by atoms with E-state index >= 15 is 0 Å². The van der Waals surface area contributed by atoms with Gasteiger partial charge in [-0.3, -0.25) is 9.00 Å². The Morgan fingerprint density at radius 1 is 1.00 bits per heavy atom. The van der Waals surface area contributed by atoms with Crippen LogP contribution in [0.4, 0.5) is 0 Å². The van der Waals surface area contributed by atoms with E-state index < -0.39 is 26.7 Å². The molecule has 118 valence electrons. The van der Waals surface area contributed by atoms with Crippen molar-refractivity contribution < 1.29 is 51.5 Å². The van der Waals surface area contributed by atoms with Crippen molar-refractivity contribution in [1.29, 1.82) is 0 Å². The number of sulfone groups is 1. The van der Waals surface area contributed by atoms with Crippen molar-refractivity contribution in [3.8, 4) is 0 Å². The van der Waals surface area contributed by atoms with Gasteiger partial charge < -0.3 is 4.55 Å². The Morgan fingerprint density at radius 3 is 1.78 bits per heavy atom. The van der Waals surface area contributed by atoms with Crippen molar-refractivity contribution in [3.63, 3.8) is 0 Å². The molecule has 0 saturated heterocycles. The zero-order valence-corrected chi connectivity index (χ0v) is 16.5. The van der Waals surface area contributed by atoms with Crippen molar-refractivity contribution in [2.24, 2.45) is 0 Å². The van der Waals surface area contributed by atoms with Crippen LogP contribution in [0.15, 0.2) is 70.5 Å². The second-order valence-electron chi connectivity index (χ2n) is 4.32. The van der Waals surface area contributed by atoms with Gasteiger partial charge >= 0.3 is 29.6 Å². The second-order valence-corrected chi connectivity index (χ2v) is 7.25. The summed E-state index contributed by atoms with van der Waals surface area (Å²) in [5.41, 5.74) is 0. The number of ketones is 1. The normalized spacial score (nSPS) is 11.4. The fraction of sp³-hybridized carbons (Fsp3) is 0.133. The summed E-state index contributed by atoms with van der Waals surface area (Å²) >= 11 is -2.08. The molecule has 2 aromatic rings. The first kappa shape index (κ1) is 22.2. The maximum atomic E-state index is 11.4. The second kappa shape index (κ2) is 10.9. The smallest absolute Gasteiger partial charge is 0.768 e. The van der Waals surface area contributed by atoms with Crippen LogP contribution in [0.2, 0.25) is 0 Å². The molecular formula is C15H15NaO5S2. The number of rotatable bonds is 4. The molecule has 5 nitrogen and oxygen atoms in total. The fourth-order valence-corrected chi connectivity index (χ4v) is 3.16. The molecule has 0 radical (unpaired) electrons. The molecule has 23 heavy (non-hydrogen) atoms. The van der Waals surface area contributed by atoms with Gasteiger partial charge in [-0.2, -0.15) is 0 Å². The van der Waals surface area contributed by atoms with Crippen LogP contribution in [-0.4, -0.2) is 28.7 Å². The molecule has 2 rings (SSSR count).